The third-order valence-corrected chi connectivity index (χ3v) is 6.21. The molecule has 0 fully saturated rings. The highest BCUT2D eigenvalue weighted by Gasteiger charge is 2.19. The Bertz CT molecular complexity index is 1020. The van der Waals surface area contributed by atoms with Crippen LogP contribution < -0.4 is 14.2 Å². The molecule has 0 saturated carbocycles. The molecule has 1 aromatic carbocycles. The van der Waals surface area contributed by atoms with Gasteiger partial charge in [-0.15, -0.1) is 11.3 Å². The van der Waals surface area contributed by atoms with Gasteiger partial charge in [0, 0.05) is 35.4 Å². The van der Waals surface area contributed by atoms with Crippen molar-refractivity contribution < 1.29 is 17.9 Å². The number of hydrogen-bond donors (Lipinski definition) is 1. The summed E-state index contributed by atoms with van der Waals surface area (Å²) in [6, 6.07) is 10.5. The maximum atomic E-state index is 12.6. The lowest BCUT2D eigenvalue weighted by atomic mass is 10.2. The van der Waals surface area contributed by atoms with E-state index in [2.05, 4.69) is 9.71 Å². The van der Waals surface area contributed by atoms with Crippen LogP contribution in [0.4, 0.5) is 0 Å². The molecule has 2 aromatic heterocycles. The predicted octanol–water partition coefficient (Wildman–Crippen LogP) is 3.06. The number of benzene rings is 1. The van der Waals surface area contributed by atoms with Gasteiger partial charge in [0.1, 0.15) is 13.2 Å². The Labute approximate surface area is 155 Å². The third kappa shape index (κ3) is 3.57. The van der Waals surface area contributed by atoms with Crippen molar-refractivity contribution in [2.45, 2.75) is 11.4 Å². The van der Waals surface area contributed by atoms with Gasteiger partial charge >= 0.3 is 0 Å². The van der Waals surface area contributed by atoms with Crippen LogP contribution in [-0.2, 0) is 16.6 Å². The minimum atomic E-state index is -3.67. The van der Waals surface area contributed by atoms with Gasteiger partial charge in [0.25, 0.3) is 0 Å². The van der Waals surface area contributed by atoms with Crippen LogP contribution in [0.25, 0.3) is 10.4 Å². The first-order valence-electron chi connectivity index (χ1n) is 7.99. The number of nitrogens with zero attached hydrogens (tertiary/aromatic N) is 1. The zero-order valence-electron chi connectivity index (χ0n) is 13.7. The van der Waals surface area contributed by atoms with Gasteiger partial charge < -0.3 is 9.47 Å². The van der Waals surface area contributed by atoms with E-state index in [1.54, 1.807) is 29.8 Å². The predicted molar refractivity (Wildman–Crippen MR) is 99.0 cm³/mol. The fraction of sp³-hybridized carbons (Fsp3) is 0.167. The van der Waals surface area contributed by atoms with Crippen molar-refractivity contribution in [1.29, 1.82) is 0 Å². The molecule has 0 atom stereocenters. The summed E-state index contributed by atoms with van der Waals surface area (Å²) in [7, 11) is -3.67. The van der Waals surface area contributed by atoms with Crippen molar-refractivity contribution in [2.24, 2.45) is 0 Å². The Morgan fingerprint density at radius 3 is 2.73 bits per heavy atom. The van der Waals surface area contributed by atoms with E-state index in [0.717, 1.165) is 16.0 Å². The summed E-state index contributed by atoms with van der Waals surface area (Å²) in [6.45, 7) is 1.03. The molecule has 0 spiro atoms. The normalized spacial score (nSPS) is 13.5. The Kier molecular flexibility index (Phi) is 4.62. The molecule has 0 aliphatic carbocycles. The number of aromatic nitrogens is 1. The van der Waals surface area contributed by atoms with Gasteiger partial charge in [-0.1, -0.05) is 6.07 Å². The topological polar surface area (TPSA) is 77.5 Å². The molecular weight excluding hydrogens is 372 g/mol. The second-order valence-electron chi connectivity index (χ2n) is 5.69. The molecule has 3 aromatic rings. The fourth-order valence-corrected chi connectivity index (χ4v) is 4.36. The quantitative estimate of drug-likeness (QED) is 0.727. The summed E-state index contributed by atoms with van der Waals surface area (Å²) < 4.78 is 38.6. The number of thiophene rings is 1. The molecule has 3 heterocycles. The fourth-order valence-electron chi connectivity index (χ4n) is 2.61. The molecule has 4 rings (SSSR count). The van der Waals surface area contributed by atoms with E-state index in [1.165, 1.54) is 12.1 Å². The summed E-state index contributed by atoms with van der Waals surface area (Å²) in [5, 5.41) is 1.99. The molecule has 0 radical (unpaired) electrons. The highest BCUT2D eigenvalue weighted by Crippen LogP contribution is 2.32. The maximum absolute atomic E-state index is 12.6. The van der Waals surface area contributed by atoms with E-state index in [4.69, 9.17) is 9.47 Å². The molecular formula is C18H16N2O4S2. The van der Waals surface area contributed by atoms with Crippen LogP contribution in [0.15, 0.2) is 59.1 Å². The van der Waals surface area contributed by atoms with Gasteiger partial charge in [-0.3, -0.25) is 4.98 Å². The van der Waals surface area contributed by atoms with Gasteiger partial charge in [0.2, 0.25) is 10.0 Å². The van der Waals surface area contributed by atoms with Crippen LogP contribution in [0.1, 0.15) is 5.56 Å². The Morgan fingerprint density at radius 2 is 1.92 bits per heavy atom. The highest BCUT2D eigenvalue weighted by atomic mass is 32.2. The maximum Gasteiger partial charge on any atom is 0.241 e. The smallest absolute Gasteiger partial charge is 0.241 e. The highest BCUT2D eigenvalue weighted by molar-refractivity contribution is 7.89. The number of sulfonamides is 1. The number of nitrogens with one attached hydrogen (secondary N) is 1. The van der Waals surface area contributed by atoms with Crippen molar-refractivity contribution in [3.63, 3.8) is 0 Å². The molecule has 6 nitrogen and oxygen atoms in total. The zero-order valence-corrected chi connectivity index (χ0v) is 15.3. The summed E-state index contributed by atoms with van der Waals surface area (Å²) in [4.78, 5) is 5.44. The molecule has 1 N–H and O–H groups in total. The molecule has 0 amide bonds. The molecule has 0 saturated heterocycles. The molecule has 0 bridgehead atoms. The van der Waals surface area contributed by atoms with Gasteiger partial charge in [-0.2, -0.15) is 0 Å². The summed E-state index contributed by atoms with van der Waals surface area (Å²) in [6.07, 6.45) is 3.42. The summed E-state index contributed by atoms with van der Waals surface area (Å²) >= 11 is 1.61. The standard InChI is InChI=1S/C18H16N2O4S2/c21-26(22,15-3-4-16-17(9-15)24-6-5-23-16)20-11-13-8-14(12-19-10-13)18-2-1-7-25-18/h1-4,7-10,12,20H,5-6,11H2. The van der Waals surface area contributed by atoms with Crippen molar-refractivity contribution in [3.05, 3.63) is 59.7 Å². The average molecular weight is 388 g/mol. The Balaban J connectivity index is 1.51. The van der Waals surface area contributed by atoms with E-state index in [9.17, 15) is 8.42 Å². The first kappa shape index (κ1) is 17.0. The van der Waals surface area contributed by atoms with Crippen LogP contribution in [0.3, 0.4) is 0 Å². The molecule has 8 heteroatoms. The second kappa shape index (κ2) is 7.06. The minimum absolute atomic E-state index is 0.143. The van der Waals surface area contributed by atoms with Gasteiger partial charge in [-0.25, -0.2) is 13.1 Å². The first-order valence-corrected chi connectivity index (χ1v) is 10.4. The average Bonchev–Trinajstić information content (AvgIpc) is 3.21. The van der Waals surface area contributed by atoms with Gasteiger partial charge in [-0.05, 0) is 35.2 Å². The van der Waals surface area contributed by atoms with Crippen LogP contribution in [0.5, 0.6) is 11.5 Å². The second-order valence-corrected chi connectivity index (χ2v) is 8.40. The third-order valence-electron chi connectivity index (χ3n) is 3.89. The lowest BCUT2D eigenvalue weighted by Gasteiger charge is -2.19. The van der Waals surface area contributed by atoms with Crippen molar-refractivity contribution in [1.82, 2.24) is 9.71 Å². The first-order chi connectivity index (χ1) is 12.6. The number of pyridine rings is 1. The van der Waals surface area contributed by atoms with Crippen molar-refractivity contribution >= 4 is 21.4 Å². The molecule has 26 heavy (non-hydrogen) atoms. The molecule has 1 aliphatic heterocycles. The summed E-state index contributed by atoms with van der Waals surface area (Å²) in [5.41, 5.74) is 1.76. The Morgan fingerprint density at radius 1 is 1.08 bits per heavy atom. The number of rotatable bonds is 5. The summed E-state index contributed by atoms with van der Waals surface area (Å²) in [5.74, 6) is 1.00. The number of ether oxygens (including phenoxy) is 2. The van der Waals surface area contributed by atoms with E-state index in [0.29, 0.717) is 24.7 Å². The molecule has 0 unspecified atom stereocenters. The SMILES string of the molecule is O=S(=O)(NCc1cncc(-c2cccs2)c1)c1ccc2c(c1)OCCO2. The lowest BCUT2D eigenvalue weighted by molar-refractivity contribution is 0.171. The van der Waals surface area contributed by atoms with Crippen LogP contribution >= 0.6 is 11.3 Å². The largest absolute Gasteiger partial charge is 0.486 e. The molecule has 1 aliphatic rings. The zero-order chi connectivity index (χ0) is 18.0. The van der Waals surface area contributed by atoms with E-state index >= 15 is 0 Å². The Hall–Kier alpha value is -2.42. The minimum Gasteiger partial charge on any atom is -0.486 e. The van der Waals surface area contributed by atoms with Crippen molar-refractivity contribution in [3.8, 4) is 21.9 Å². The van der Waals surface area contributed by atoms with Crippen LogP contribution in [0, 0.1) is 0 Å². The number of fused-ring (bicyclic) bond motifs is 1. The van der Waals surface area contributed by atoms with E-state index < -0.39 is 10.0 Å². The lowest BCUT2D eigenvalue weighted by Crippen LogP contribution is -2.24. The van der Waals surface area contributed by atoms with Gasteiger partial charge in [0.15, 0.2) is 11.5 Å². The van der Waals surface area contributed by atoms with E-state index in [1.807, 2.05) is 23.6 Å². The number of hydrogen-bond acceptors (Lipinski definition) is 6. The van der Waals surface area contributed by atoms with Crippen LogP contribution in [-0.4, -0.2) is 26.6 Å². The van der Waals surface area contributed by atoms with Gasteiger partial charge in [0.05, 0.1) is 4.90 Å². The molecule has 134 valence electrons. The van der Waals surface area contributed by atoms with E-state index in [-0.39, 0.29) is 11.4 Å². The van der Waals surface area contributed by atoms with Crippen molar-refractivity contribution in [2.75, 3.05) is 13.2 Å². The van der Waals surface area contributed by atoms with Crippen LogP contribution in [0.2, 0.25) is 0 Å². The monoisotopic (exact) mass is 388 g/mol.